The molecule has 0 saturated carbocycles. The highest BCUT2D eigenvalue weighted by atomic mass is 32.2. The first-order chi connectivity index (χ1) is 7.02. The normalized spacial score (nSPS) is 19.5. The molecule has 2 rings (SSSR count). The molecule has 1 N–H and O–H groups in total. The molecule has 1 saturated heterocycles. The number of nitrogens with one attached hydrogen (secondary N) is 1. The average molecular weight is 226 g/mol. The van der Waals surface area contributed by atoms with E-state index in [1.165, 1.54) is 4.31 Å². The zero-order valence-electron chi connectivity index (χ0n) is 8.82. The van der Waals surface area contributed by atoms with E-state index in [1.54, 1.807) is 0 Å². The first kappa shape index (κ1) is 10.4. The number of hydrogen-bond acceptors (Lipinski definition) is 2. The molecule has 0 aromatic heterocycles. The summed E-state index contributed by atoms with van der Waals surface area (Å²) in [5.41, 5.74) is 2.78. The number of hydrogen-bond donors (Lipinski definition) is 1. The van der Waals surface area contributed by atoms with Crippen molar-refractivity contribution in [1.82, 2.24) is 4.72 Å². The minimum atomic E-state index is -3.30. The summed E-state index contributed by atoms with van der Waals surface area (Å²) in [6.45, 7) is 4.84. The van der Waals surface area contributed by atoms with E-state index >= 15 is 0 Å². The lowest BCUT2D eigenvalue weighted by molar-refractivity contribution is 0.591. The van der Waals surface area contributed by atoms with Gasteiger partial charge >= 0.3 is 10.2 Å². The highest BCUT2D eigenvalue weighted by molar-refractivity contribution is 7.91. The molecular weight excluding hydrogens is 212 g/mol. The predicted molar refractivity (Wildman–Crippen MR) is 60.2 cm³/mol. The maximum Gasteiger partial charge on any atom is 0.301 e. The van der Waals surface area contributed by atoms with Crippen LogP contribution in [0, 0.1) is 13.8 Å². The van der Waals surface area contributed by atoms with E-state index in [0.29, 0.717) is 13.1 Å². The molecule has 0 amide bonds. The topological polar surface area (TPSA) is 49.4 Å². The summed E-state index contributed by atoms with van der Waals surface area (Å²) in [6.07, 6.45) is 0. The summed E-state index contributed by atoms with van der Waals surface area (Å²) in [5, 5.41) is 0. The molecule has 0 unspecified atom stereocenters. The van der Waals surface area contributed by atoms with Crippen LogP contribution in [0.25, 0.3) is 0 Å². The number of anilines is 1. The summed E-state index contributed by atoms with van der Waals surface area (Å²) in [4.78, 5) is 0. The van der Waals surface area contributed by atoms with Crippen molar-refractivity contribution in [2.24, 2.45) is 0 Å². The minimum Gasteiger partial charge on any atom is -0.256 e. The first-order valence-corrected chi connectivity index (χ1v) is 6.30. The van der Waals surface area contributed by atoms with Crippen molar-refractivity contribution < 1.29 is 8.42 Å². The molecule has 1 aromatic rings. The Balaban J connectivity index is 2.55. The monoisotopic (exact) mass is 226 g/mol. The van der Waals surface area contributed by atoms with E-state index in [0.717, 1.165) is 16.8 Å². The van der Waals surface area contributed by atoms with Crippen LogP contribution < -0.4 is 9.03 Å². The lowest BCUT2D eigenvalue weighted by Crippen LogP contribution is -2.30. The molecule has 0 spiro atoms. The van der Waals surface area contributed by atoms with Gasteiger partial charge in [-0.15, -0.1) is 0 Å². The molecule has 1 fully saturated rings. The summed E-state index contributed by atoms with van der Waals surface area (Å²) >= 11 is 0. The molecule has 0 aliphatic carbocycles. The van der Waals surface area contributed by atoms with Crippen LogP contribution in [0.5, 0.6) is 0 Å². The number of nitrogens with zero attached hydrogens (tertiary/aromatic N) is 1. The van der Waals surface area contributed by atoms with Gasteiger partial charge in [0.2, 0.25) is 0 Å². The van der Waals surface area contributed by atoms with Gasteiger partial charge in [0.25, 0.3) is 0 Å². The third kappa shape index (κ3) is 1.72. The summed E-state index contributed by atoms with van der Waals surface area (Å²) in [7, 11) is -3.30. The largest absolute Gasteiger partial charge is 0.301 e. The molecule has 1 aliphatic rings. The van der Waals surface area contributed by atoms with E-state index in [2.05, 4.69) is 4.72 Å². The smallest absolute Gasteiger partial charge is 0.256 e. The highest BCUT2D eigenvalue weighted by Crippen LogP contribution is 2.27. The Morgan fingerprint density at radius 2 is 1.87 bits per heavy atom. The number of benzene rings is 1. The second kappa shape index (κ2) is 3.50. The van der Waals surface area contributed by atoms with Gasteiger partial charge in [0.1, 0.15) is 0 Å². The van der Waals surface area contributed by atoms with Crippen LogP contribution in [0.15, 0.2) is 18.2 Å². The summed E-state index contributed by atoms with van der Waals surface area (Å²) in [6, 6.07) is 5.79. The molecular formula is C10H14N2O2S. The van der Waals surface area contributed by atoms with Gasteiger partial charge in [0.15, 0.2) is 0 Å². The Morgan fingerprint density at radius 3 is 2.33 bits per heavy atom. The van der Waals surface area contributed by atoms with E-state index in [1.807, 2.05) is 32.0 Å². The summed E-state index contributed by atoms with van der Waals surface area (Å²) in [5.74, 6) is 0. The van der Waals surface area contributed by atoms with Crippen molar-refractivity contribution in [2.45, 2.75) is 13.8 Å². The van der Waals surface area contributed by atoms with Crippen molar-refractivity contribution in [3.8, 4) is 0 Å². The highest BCUT2D eigenvalue weighted by Gasteiger charge is 2.29. The van der Waals surface area contributed by atoms with Gasteiger partial charge in [-0.2, -0.15) is 13.1 Å². The van der Waals surface area contributed by atoms with Gasteiger partial charge in [-0.25, -0.2) is 0 Å². The number of aryl methyl sites for hydroxylation is 2. The lowest BCUT2D eigenvalue weighted by atomic mass is 10.1. The SMILES string of the molecule is Cc1cccc(C)c1N1CCNS1(=O)=O. The van der Waals surface area contributed by atoms with Crippen molar-refractivity contribution in [1.29, 1.82) is 0 Å². The molecule has 0 radical (unpaired) electrons. The third-order valence-electron chi connectivity index (χ3n) is 2.58. The average Bonchev–Trinajstić information content (AvgIpc) is 2.46. The predicted octanol–water partition coefficient (Wildman–Crippen LogP) is 0.958. The zero-order valence-corrected chi connectivity index (χ0v) is 9.63. The van der Waals surface area contributed by atoms with Crippen LogP contribution >= 0.6 is 0 Å². The van der Waals surface area contributed by atoms with Gasteiger partial charge in [0, 0.05) is 13.1 Å². The van der Waals surface area contributed by atoms with Gasteiger partial charge < -0.3 is 0 Å². The van der Waals surface area contributed by atoms with Crippen molar-refractivity contribution >= 4 is 15.9 Å². The first-order valence-electron chi connectivity index (χ1n) is 4.86. The Morgan fingerprint density at radius 1 is 1.27 bits per heavy atom. The molecule has 82 valence electrons. The molecule has 1 aliphatic heterocycles. The standard InChI is InChI=1S/C10H14N2O2S/c1-8-4-3-5-9(2)10(8)12-7-6-11-15(12,13)14/h3-5,11H,6-7H2,1-2H3. The fraction of sp³-hybridized carbons (Fsp3) is 0.400. The van der Waals surface area contributed by atoms with Crippen LogP contribution in [0.1, 0.15) is 11.1 Å². The van der Waals surface area contributed by atoms with Crippen LogP contribution in [-0.2, 0) is 10.2 Å². The van der Waals surface area contributed by atoms with E-state index in [9.17, 15) is 8.42 Å². The molecule has 4 nitrogen and oxygen atoms in total. The Bertz CT molecular complexity index is 462. The fourth-order valence-electron chi connectivity index (χ4n) is 1.91. The second-order valence-corrected chi connectivity index (χ2v) is 5.39. The van der Waals surface area contributed by atoms with Crippen LogP contribution in [-0.4, -0.2) is 21.5 Å². The van der Waals surface area contributed by atoms with Gasteiger partial charge in [-0.3, -0.25) is 4.31 Å². The van der Waals surface area contributed by atoms with Crippen LogP contribution in [0.4, 0.5) is 5.69 Å². The molecule has 5 heteroatoms. The molecule has 1 aromatic carbocycles. The van der Waals surface area contributed by atoms with Gasteiger partial charge in [-0.05, 0) is 25.0 Å². The number of rotatable bonds is 1. The minimum absolute atomic E-state index is 0.482. The quantitative estimate of drug-likeness (QED) is 0.775. The maximum atomic E-state index is 11.7. The van der Waals surface area contributed by atoms with Crippen molar-refractivity contribution in [3.05, 3.63) is 29.3 Å². The fourth-order valence-corrected chi connectivity index (χ4v) is 3.27. The van der Waals surface area contributed by atoms with Crippen molar-refractivity contribution in [2.75, 3.05) is 17.4 Å². The zero-order chi connectivity index (χ0) is 11.1. The molecule has 0 atom stereocenters. The van der Waals surface area contributed by atoms with Crippen molar-refractivity contribution in [3.63, 3.8) is 0 Å². The van der Waals surface area contributed by atoms with E-state index in [4.69, 9.17) is 0 Å². The van der Waals surface area contributed by atoms with E-state index in [-0.39, 0.29) is 0 Å². The maximum absolute atomic E-state index is 11.7. The Hall–Kier alpha value is -1.07. The third-order valence-corrected chi connectivity index (χ3v) is 4.09. The number of para-hydroxylation sites is 1. The molecule has 15 heavy (non-hydrogen) atoms. The van der Waals surface area contributed by atoms with E-state index < -0.39 is 10.2 Å². The summed E-state index contributed by atoms with van der Waals surface area (Å²) < 4.78 is 27.3. The Labute approximate surface area is 90.1 Å². The second-order valence-electron chi connectivity index (χ2n) is 3.71. The van der Waals surface area contributed by atoms with Crippen LogP contribution in [0.3, 0.4) is 0 Å². The van der Waals surface area contributed by atoms with Gasteiger partial charge in [-0.1, -0.05) is 18.2 Å². The lowest BCUT2D eigenvalue weighted by Gasteiger charge is -2.20. The van der Waals surface area contributed by atoms with Gasteiger partial charge in [0.05, 0.1) is 5.69 Å². The Kier molecular flexibility index (Phi) is 2.44. The van der Waals surface area contributed by atoms with Crippen LogP contribution in [0.2, 0.25) is 0 Å². The molecule has 0 bridgehead atoms. The molecule has 1 heterocycles.